The first-order valence-electron chi connectivity index (χ1n) is 10.6. The lowest BCUT2D eigenvalue weighted by atomic mass is 9.97. The van der Waals surface area contributed by atoms with Gasteiger partial charge in [-0.1, -0.05) is 0 Å². The van der Waals surface area contributed by atoms with Crippen LogP contribution in [0.15, 0.2) is 52.6 Å². The van der Waals surface area contributed by atoms with Crippen molar-refractivity contribution in [3.05, 3.63) is 64.4 Å². The van der Waals surface area contributed by atoms with Crippen molar-refractivity contribution in [2.75, 3.05) is 29.9 Å². The number of aromatic nitrogens is 1. The Balaban J connectivity index is 1.19. The number of pyridine rings is 1. The second kappa shape index (κ2) is 8.55. The second-order valence-electron chi connectivity index (χ2n) is 8.00. The van der Waals surface area contributed by atoms with Gasteiger partial charge in [0.1, 0.15) is 5.82 Å². The summed E-state index contributed by atoms with van der Waals surface area (Å²) in [5, 5.41) is 5.12. The van der Waals surface area contributed by atoms with E-state index in [0.29, 0.717) is 24.5 Å². The van der Waals surface area contributed by atoms with E-state index in [0.717, 1.165) is 38.2 Å². The maximum atomic E-state index is 12.8. The maximum absolute atomic E-state index is 12.8. The third-order valence-corrected chi connectivity index (χ3v) is 6.98. The van der Waals surface area contributed by atoms with E-state index in [-0.39, 0.29) is 17.7 Å². The van der Waals surface area contributed by atoms with Crippen LogP contribution in [0.5, 0.6) is 0 Å². The maximum Gasteiger partial charge on any atom is 0.289 e. The molecule has 0 aromatic carbocycles. The predicted octanol–water partition coefficient (Wildman–Crippen LogP) is 3.79. The number of nitrogens with zero attached hydrogens (tertiary/aromatic N) is 3. The van der Waals surface area contributed by atoms with Crippen LogP contribution in [0, 0.1) is 5.92 Å². The summed E-state index contributed by atoms with van der Waals surface area (Å²) in [6, 6.07) is 9.39. The number of carbonyl (C=O) groups excluding carboxylic acids is 2. The third-order valence-electron chi connectivity index (χ3n) is 5.96. The number of amides is 2. The summed E-state index contributed by atoms with van der Waals surface area (Å²) in [6.07, 6.45) is 5.80. The van der Waals surface area contributed by atoms with Crippen molar-refractivity contribution in [2.45, 2.75) is 25.8 Å². The Morgan fingerprint density at radius 1 is 1.19 bits per heavy atom. The normalized spacial score (nSPS) is 18.5. The fourth-order valence-corrected chi connectivity index (χ4v) is 5.16. The van der Waals surface area contributed by atoms with E-state index in [1.807, 2.05) is 23.5 Å². The van der Waals surface area contributed by atoms with Crippen molar-refractivity contribution in [3.8, 4) is 0 Å². The third kappa shape index (κ3) is 4.20. The van der Waals surface area contributed by atoms with E-state index in [9.17, 15) is 9.59 Å². The number of anilines is 2. The van der Waals surface area contributed by atoms with Crippen molar-refractivity contribution >= 4 is 34.7 Å². The number of furan rings is 1. The van der Waals surface area contributed by atoms with Crippen LogP contribution in [0.3, 0.4) is 0 Å². The van der Waals surface area contributed by atoms with Gasteiger partial charge in [-0.15, -0.1) is 11.3 Å². The fourth-order valence-electron chi connectivity index (χ4n) is 4.27. The lowest BCUT2D eigenvalue weighted by molar-refractivity contribution is -0.121. The summed E-state index contributed by atoms with van der Waals surface area (Å²) < 4.78 is 5.21. The van der Waals surface area contributed by atoms with Gasteiger partial charge in [-0.2, -0.15) is 0 Å². The minimum absolute atomic E-state index is 0.0765. The van der Waals surface area contributed by atoms with Crippen molar-refractivity contribution in [1.29, 1.82) is 0 Å². The molecule has 160 valence electrons. The molecule has 0 radical (unpaired) electrons. The van der Waals surface area contributed by atoms with Gasteiger partial charge in [0.05, 0.1) is 24.1 Å². The number of carbonyl (C=O) groups is 2. The first-order chi connectivity index (χ1) is 15.2. The zero-order valence-electron chi connectivity index (χ0n) is 17.1. The topological polar surface area (TPSA) is 78.7 Å². The number of piperidine rings is 1. The molecule has 0 saturated carbocycles. The van der Waals surface area contributed by atoms with Gasteiger partial charge >= 0.3 is 0 Å². The molecule has 2 aliphatic rings. The molecule has 5 rings (SSSR count). The summed E-state index contributed by atoms with van der Waals surface area (Å²) in [7, 11) is 0. The molecule has 0 aliphatic carbocycles. The minimum Gasteiger partial charge on any atom is -0.459 e. The summed E-state index contributed by atoms with van der Waals surface area (Å²) >= 11 is 1.82. The molecule has 3 aromatic heterocycles. The lowest BCUT2D eigenvalue weighted by Gasteiger charge is -2.31. The molecule has 0 unspecified atom stereocenters. The second-order valence-corrected chi connectivity index (χ2v) is 9.00. The summed E-state index contributed by atoms with van der Waals surface area (Å²) in [5.74, 6) is 0.749. The molecule has 3 aromatic rings. The average molecular weight is 437 g/mol. The summed E-state index contributed by atoms with van der Waals surface area (Å²) in [4.78, 5) is 35.3. The standard InChI is InChI=1S/C23H24N4O3S/c28-22(17-3-1-9-27(15-17)23(29)19-4-2-11-30-19)25-18-5-6-21(24-13-18)26-10-7-20-16(14-26)8-12-31-20/h2,4-6,8,11-13,17H,1,3,7,9-10,14-15H2,(H,25,28)/t17-/m1/s1. The van der Waals surface area contributed by atoms with Gasteiger partial charge in [0, 0.05) is 31.1 Å². The van der Waals surface area contributed by atoms with E-state index in [2.05, 4.69) is 26.6 Å². The highest BCUT2D eigenvalue weighted by Gasteiger charge is 2.30. The van der Waals surface area contributed by atoms with Crippen LogP contribution in [-0.2, 0) is 17.8 Å². The molecule has 2 aliphatic heterocycles. The highest BCUT2D eigenvalue weighted by molar-refractivity contribution is 7.10. The number of nitrogens with one attached hydrogen (secondary N) is 1. The zero-order chi connectivity index (χ0) is 21.2. The van der Waals surface area contributed by atoms with Gasteiger partial charge < -0.3 is 19.5 Å². The van der Waals surface area contributed by atoms with Crippen molar-refractivity contribution < 1.29 is 14.0 Å². The van der Waals surface area contributed by atoms with Crippen LogP contribution >= 0.6 is 11.3 Å². The lowest BCUT2D eigenvalue weighted by Crippen LogP contribution is -2.43. The Kier molecular flexibility index (Phi) is 5.46. The molecular weight excluding hydrogens is 412 g/mol. The van der Waals surface area contributed by atoms with Crippen molar-refractivity contribution in [3.63, 3.8) is 0 Å². The van der Waals surface area contributed by atoms with Crippen molar-refractivity contribution in [1.82, 2.24) is 9.88 Å². The van der Waals surface area contributed by atoms with Crippen LogP contribution in [0.25, 0.3) is 0 Å². The van der Waals surface area contributed by atoms with Gasteiger partial charge in [0.15, 0.2) is 5.76 Å². The highest BCUT2D eigenvalue weighted by atomic mass is 32.1. The molecule has 1 saturated heterocycles. The highest BCUT2D eigenvalue weighted by Crippen LogP contribution is 2.27. The predicted molar refractivity (Wildman–Crippen MR) is 119 cm³/mol. The molecule has 2 amide bonds. The average Bonchev–Trinajstić information content (AvgIpc) is 3.51. The Hall–Kier alpha value is -3.13. The Labute approximate surface area is 184 Å². The van der Waals surface area contributed by atoms with Crippen LogP contribution in [0.4, 0.5) is 11.5 Å². The first kappa shape index (κ1) is 19.8. The van der Waals surface area contributed by atoms with Crippen LogP contribution in [-0.4, -0.2) is 41.3 Å². The number of hydrogen-bond donors (Lipinski definition) is 1. The fraction of sp³-hybridized carbons (Fsp3) is 0.348. The van der Waals surface area contributed by atoms with Gasteiger partial charge in [0.2, 0.25) is 5.91 Å². The van der Waals surface area contributed by atoms with Gasteiger partial charge in [-0.25, -0.2) is 4.98 Å². The molecule has 5 heterocycles. The SMILES string of the molecule is O=C(Nc1ccc(N2CCc3sccc3C2)nc1)[C@@H]1CCCN(C(=O)c2ccco2)C1. The Bertz CT molecular complexity index is 1060. The van der Waals surface area contributed by atoms with Crippen LogP contribution in [0.1, 0.15) is 33.8 Å². The van der Waals surface area contributed by atoms with E-state index in [1.54, 1.807) is 23.2 Å². The molecule has 8 heteroatoms. The number of rotatable bonds is 4. The zero-order valence-corrected chi connectivity index (χ0v) is 17.9. The van der Waals surface area contributed by atoms with E-state index < -0.39 is 0 Å². The first-order valence-corrected chi connectivity index (χ1v) is 11.5. The molecule has 7 nitrogen and oxygen atoms in total. The van der Waals surface area contributed by atoms with E-state index in [1.165, 1.54) is 16.7 Å². The molecule has 31 heavy (non-hydrogen) atoms. The quantitative estimate of drug-likeness (QED) is 0.673. The number of likely N-dealkylation sites (tertiary alicyclic amines) is 1. The summed E-state index contributed by atoms with van der Waals surface area (Å²) in [5.41, 5.74) is 2.05. The minimum atomic E-state index is -0.244. The number of hydrogen-bond acceptors (Lipinski definition) is 6. The number of fused-ring (bicyclic) bond motifs is 1. The van der Waals surface area contributed by atoms with Gasteiger partial charge in [-0.3, -0.25) is 9.59 Å². The number of thiophene rings is 1. The molecule has 1 atom stereocenters. The van der Waals surface area contributed by atoms with E-state index >= 15 is 0 Å². The molecule has 0 spiro atoms. The van der Waals surface area contributed by atoms with Gasteiger partial charge in [-0.05, 0) is 60.5 Å². The molecule has 0 bridgehead atoms. The summed E-state index contributed by atoms with van der Waals surface area (Å²) in [6.45, 7) is 2.86. The molecule has 1 N–H and O–H groups in total. The van der Waals surface area contributed by atoms with Crippen LogP contribution in [0.2, 0.25) is 0 Å². The van der Waals surface area contributed by atoms with Gasteiger partial charge in [0.25, 0.3) is 5.91 Å². The Morgan fingerprint density at radius 3 is 2.94 bits per heavy atom. The van der Waals surface area contributed by atoms with Crippen LogP contribution < -0.4 is 10.2 Å². The van der Waals surface area contributed by atoms with Crippen molar-refractivity contribution in [2.24, 2.45) is 5.92 Å². The monoisotopic (exact) mass is 436 g/mol. The molecule has 1 fully saturated rings. The smallest absolute Gasteiger partial charge is 0.289 e. The molecular formula is C23H24N4O3S. The van der Waals surface area contributed by atoms with E-state index in [4.69, 9.17) is 4.42 Å². The Morgan fingerprint density at radius 2 is 2.13 bits per heavy atom. The largest absolute Gasteiger partial charge is 0.459 e.